The van der Waals surface area contributed by atoms with E-state index in [0.717, 1.165) is 12.1 Å². The number of nitrogens with zero attached hydrogens (tertiary/aromatic N) is 2. The molecule has 5 nitrogen and oxygen atoms in total. The van der Waals surface area contributed by atoms with Gasteiger partial charge in [0.15, 0.2) is 5.82 Å². The van der Waals surface area contributed by atoms with Crippen LogP contribution in [0.15, 0.2) is 48.7 Å². The first-order chi connectivity index (χ1) is 12.4. The molecule has 0 spiro atoms. The Kier molecular flexibility index (Phi) is 5.09. The molecule has 0 fully saturated rings. The van der Waals surface area contributed by atoms with Crippen molar-refractivity contribution in [1.82, 2.24) is 9.97 Å². The highest BCUT2D eigenvalue weighted by molar-refractivity contribution is 6.30. The van der Waals surface area contributed by atoms with E-state index >= 15 is 0 Å². The van der Waals surface area contributed by atoms with Gasteiger partial charge in [0.25, 0.3) is 5.88 Å². The third kappa shape index (κ3) is 4.12. The second kappa shape index (κ2) is 7.45. The molecule has 8 heteroatoms. The number of hydrogen-bond acceptors (Lipinski definition) is 4. The Morgan fingerprint density at radius 1 is 1.12 bits per heavy atom. The number of carboxylic acids is 1. The van der Waals surface area contributed by atoms with Crippen LogP contribution in [0.2, 0.25) is 5.02 Å². The number of ether oxygens (including phenoxy) is 1. The second-order valence-electron chi connectivity index (χ2n) is 5.27. The molecule has 1 N–H and O–H groups in total. The van der Waals surface area contributed by atoms with Gasteiger partial charge in [0.05, 0.1) is 17.1 Å². The van der Waals surface area contributed by atoms with E-state index in [4.69, 9.17) is 21.4 Å². The summed E-state index contributed by atoms with van der Waals surface area (Å²) >= 11 is 5.63. The van der Waals surface area contributed by atoms with Crippen molar-refractivity contribution >= 4 is 17.6 Å². The first-order valence-electron chi connectivity index (χ1n) is 7.39. The predicted molar refractivity (Wildman–Crippen MR) is 90.2 cm³/mol. The van der Waals surface area contributed by atoms with Crippen LogP contribution in [-0.2, 0) is 11.2 Å². The van der Waals surface area contributed by atoms with Gasteiger partial charge in [0.2, 0.25) is 0 Å². The zero-order valence-electron chi connectivity index (χ0n) is 13.1. The topological polar surface area (TPSA) is 72.3 Å². The van der Waals surface area contributed by atoms with Gasteiger partial charge in [-0.25, -0.2) is 18.7 Å². The van der Waals surface area contributed by atoms with Gasteiger partial charge in [0.1, 0.15) is 17.3 Å². The number of halogens is 3. The van der Waals surface area contributed by atoms with Crippen molar-refractivity contribution in [2.45, 2.75) is 6.42 Å². The maximum atomic E-state index is 14.0. The van der Waals surface area contributed by atoms with Gasteiger partial charge in [-0.05, 0) is 42.5 Å². The summed E-state index contributed by atoms with van der Waals surface area (Å²) in [5, 5.41) is 8.96. The molecule has 132 valence electrons. The quantitative estimate of drug-likeness (QED) is 0.710. The van der Waals surface area contributed by atoms with E-state index in [1.807, 2.05) is 0 Å². The Hall–Kier alpha value is -3.06. The molecule has 0 atom stereocenters. The highest BCUT2D eigenvalue weighted by Crippen LogP contribution is 2.27. The van der Waals surface area contributed by atoms with Gasteiger partial charge in [-0.2, -0.15) is 0 Å². The molecule has 2 aromatic heterocycles. The van der Waals surface area contributed by atoms with E-state index in [1.165, 1.54) is 36.5 Å². The van der Waals surface area contributed by atoms with Crippen LogP contribution in [-0.4, -0.2) is 21.0 Å². The Labute approximate surface area is 151 Å². The van der Waals surface area contributed by atoms with Crippen LogP contribution >= 0.6 is 11.6 Å². The smallest absolute Gasteiger partial charge is 0.309 e. The highest BCUT2D eigenvalue weighted by atomic mass is 35.5. The molecule has 0 aliphatic carbocycles. The Bertz CT molecular complexity index is 965. The molecule has 0 bridgehead atoms. The zero-order chi connectivity index (χ0) is 18.7. The average Bonchev–Trinajstić information content (AvgIpc) is 2.59. The Morgan fingerprint density at radius 2 is 1.85 bits per heavy atom. The fourth-order valence-corrected chi connectivity index (χ4v) is 2.35. The predicted octanol–water partition coefficient (Wildman–Crippen LogP) is 4.49. The lowest BCUT2D eigenvalue weighted by molar-refractivity contribution is -0.136. The summed E-state index contributed by atoms with van der Waals surface area (Å²) in [6, 6.07) is 9.60. The molecule has 0 aliphatic rings. The maximum Gasteiger partial charge on any atom is 0.309 e. The van der Waals surface area contributed by atoms with Crippen LogP contribution in [0.5, 0.6) is 11.6 Å². The molecule has 26 heavy (non-hydrogen) atoms. The van der Waals surface area contributed by atoms with E-state index in [9.17, 15) is 13.6 Å². The molecule has 2 heterocycles. The van der Waals surface area contributed by atoms with Crippen LogP contribution in [0, 0.1) is 11.6 Å². The summed E-state index contributed by atoms with van der Waals surface area (Å²) in [4.78, 5) is 18.6. The molecular weight excluding hydrogens is 366 g/mol. The first kappa shape index (κ1) is 17.8. The monoisotopic (exact) mass is 376 g/mol. The summed E-state index contributed by atoms with van der Waals surface area (Å²) in [6.07, 6.45) is 0.942. The van der Waals surface area contributed by atoms with Crippen molar-refractivity contribution in [3.05, 3.63) is 71.0 Å². The number of carbonyl (C=O) groups is 1. The van der Waals surface area contributed by atoms with Crippen LogP contribution in [0.3, 0.4) is 0 Å². The Balaban J connectivity index is 1.84. The molecule has 0 unspecified atom stereocenters. The van der Waals surface area contributed by atoms with E-state index in [-0.39, 0.29) is 34.5 Å². The molecule has 0 saturated heterocycles. The summed E-state index contributed by atoms with van der Waals surface area (Å²) in [5.74, 6) is -2.32. The summed E-state index contributed by atoms with van der Waals surface area (Å²) in [5.41, 5.74) is 0.680. The molecule has 0 aliphatic heterocycles. The third-order valence-corrected chi connectivity index (χ3v) is 3.56. The first-order valence-corrected chi connectivity index (χ1v) is 7.77. The van der Waals surface area contributed by atoms with Gasteiger partial charge in [-0.3, -0.25) is 4.79 Å². The minimum atomic E-state index is -1.06. The van der Waals surface area contributed by atoms with Crippen LogP contribution in [0.1, 0.15) is 5.69 Å². The highest BCUT2D eigenvalue weighted by Gasteiger charge is 2.12. The van der Waals surface area contributed by atoms with Crippen molar-refractivity contribution in [3.8, 4) is 22.9 Å². The van der Waals surface area contributed by atoms with Crippen LogP contribution < -0.4 is 4.74 Å². The standard InChI is InChI=1S/C18H11ClF2N2O3/c19-11-7-15(21)18(22-9-11)26-13-4-1-10(2-5-13)17-14(20)6-3-12(23-17)8-16(24)25/h1-7,9H,8H2,(H,24,25). The fraction of sp³-hybridized carbons (Fsp3) is 0.0556. The molecule has 0 radical (unpaired) electrons. The average molecular weight is 377 g/mol. The third-order valence-electron chi connectivity index (χ3n) is 3.35. The zero-order valence-corrected chi connectivity index (χ0v) is 13.9. The van der Waals surface area contributed by atoms with Gasteiger partial charge in [-0.15, -0.1) is 0 Å². The number of aromatic nitrogens is 2. The van der Waals surface area contributed by atoms with Crippen molar-refractivity contribution in [1.29, 1.82) is 0 Å². The number of rotatable bonds is 5. The number of pyridine rings is 2. The molecule has 0 amide bonds. The SMILES string of the molecule is O=C(O)Cc1ccc(F)c(-c2ccc(Oc3ncc(Cl)cc3F)cc2)n1. The van der Waals surface area contributed by atoms with Crippen molar-refractivity contribution in [3.63, 3.8) is 0 Å². The van der Waals surface area contributed by atoms with E-state index in [0.29, 0.717) is 5.56 Å². The van der Waals surface area contributed by atoms with Crippen LogP contribution in [0.4, 0.5) is 8.78 Å². The van der Waals surface area contributed by atoms with E-state index < -0.39 is 17.6 Å². The minimum absolute atomic E-state index is 0.0195. The van der Waals surface area contributed by atoms with Gasteiger partial charge in [-0.1, -0.05) is 11.6 Å². The largest absolute Gasteiger partial charge is 0.481 e. The summed E-state index contributed by atoms with van der Waals surface area (Å²) < 4.78 is 33.0. The summed E-state index contributed by atoms with van der Waals surface area (Å²) in [7, 11) is 0. The number of aliphatic carboxylic acids is 1. The maximum absolute atomic E-state index is 14.0. The lowest BCUT2D eigenvalue weighted by Crippen LogP contribution is -2.04. The molecule has 0 saturated carbocycles. The normalized spacial score (nSPS) is 10.6. The van der Waals surface area contributed by atoms with Gasteiger partial charge in [0, 0.05) is 11.8 Å². The molecular formula is C18H11ClF2N2O3. The van der Waals surface area contributed by atoms with Crippen molar-refractivity contribution < 1.29 is 23.4 Å². The van der Waals surface area contributed by atoms with E-state index in [1.54, 1.807) is 0 Å². The fourth-order valence-electron chi connectivity index (χ4n) is 2.21. The van der Waals surface area contributed by atoms with E-state index in [2.05, 4.69) is 9.97 Å². The second-order valence-corrected chi connectivity index (χ2v) is 5.71. The van der Waals surface area contributed by atoms with Crippen molar-refractivity contribution in [2.24, 2.45) is 0 Å². The lowest BCUT2D eigenvalue weighted by atomic mass is 10.1. The van der Waals surface area contributed by atoms with Gasteiger partial charge >= 0.3 is 5.97 Å². The lowest BCUT2D eigenvalue weighted by Gasteiger charge is -2.08. The molecule has 1 aromatic carbocycles. The summed E-state index contributed by atoms with van der Waals surface area (Å²) in [6.45, 7) is 0. The number of carboxylic acid groups (broad SMARTS) is 1. The number of benzene rings is 1. The molecule has 3 aromatic rings. The van der Waals surface area contributed by atoms with Gasteiger partial charge < -0.3 is 9.84 Å². The number of hydrogen-bond donors (Lipinski definition) is 1. The minimum Gasteiger partial charge on any atom is -0.481 e. The Morgan fingerprint density at radius 3 is 2.50 bits per heavy atom. The molecule has 3 rings (SSSR count). The van der Waals surface area contributed by atoms with Crippen LogP contribution in [0.25, 0.3) is 11.3 Å². The van der Waals surface area contributed by atoms with Crippen molar-refractivity contribution in [2.75, 3.05) is 0 Å².